The minimum Gasteiger partial charge on any atom is -0.368 e. The molecular formula is C11H17N7. The van der Waals surface area contributed by atoms with Gasteiger partial charge < -0.3 is 16.4 Å². The Morgan fingerprint density at radius 1 is 1.17 bits per heavy atom. The van der Waals surface area contributed by atoms with E-state index in [1.807, 2.05) is 0 Å². The molecule has 2 rings (SSSR count). The Bertz CT molecular complexity index is 459. The van der Waals surface area contributed by atoms with Crippen LogP contribution >= 0.6 is 0 Å². The molecule has 7 heteroatoms. The molecule has 1 aliphatic rings. The molecule has 0 unspecified atom stereocenters. The quantitative estimate of drug-likeness (QED) is 0.733. The fourth-order valence-electron chi connectivity index (χ4n) is 2.19. The van der Waals surface area contributed by atoms with Gasteiger partial charge in [0.15, 0.2) is 0 Å². The van der Waals surface area contributed by atoms with Gasteiger partial charge in [-0.3, -0.25) is 0 Å². The van der Waals surface area contributed by atoms with E-state index in [1.54, 1.807) is 7.05 Å². The molecule has 1 heterocycles. The average molecular weight is 247 g/mol. The van der Waals surface area contributed by atoms with Gasteiger partial charge in [0.05, 0.1) is 6.07 Å². The first-order chi connectivity index (χ1) is 8.67. The van der Waals surface area contributed by atoms with Crippen LogP contribution in [0.1, 0.15) is 32.1 Å². The minimum atomic E-state index is -0.572. The second-order valence-electron chi connectivity index (χ2n) is 4.47. The standard InChI is InChI=1S/C11H17N7/c1-14-9-15-8(13)16-10(17-9)18-11(7-12)5-3-2-4-6-11/h2-6H2,1H3,(H4,13,14,15,16,17,18). The van der Waals surface area contributed by atoms with Gasteiger partial charge in [0.1, 0.15) is 5.54 Å². The number of hydrogen-bond acceptors (Lipinski definition) is 7. The van der Waals surface area contributed by atoms with Gasteiger partial charge in [-0.05, 0) is 12.8 Å². The molecule has 0 saturated heterocycles. The van der Waals surface area contributed by atoms with Crippen molar-refractivity contribution in [1.82, 2.24) is 15.0 Å². The number of nitrogens with one attached hydrogen (secondary N) is 2. The Morgan fingerprint density at radius 3 is 2.44 bits per heavy atom. The Kier molecular flexibility index (Phi) is 3.46. The SMILES string of the molecule is CNc1nc(N)nc(NC2(C#N)CCCCC2)n1. The summed E-state index contributed by atoms with van der Waals surface area (Å²) >= 11 is 0. The second-order valence-corrected chi connectivity index (χ2v) is 4.47. The van der Waals surface area contributed by atoms with Crippen molar-refractivity contribution in [3.63, 3.8) is 0 Å². The van der Waals surface area contributed by atoms with Crippen molar-refractivity contribution in [3.05, 3.63) is 0 Å². The van der Waals surface area contributed by atoms with E-state index in [0.717, 1.165) is 25.7 Å². The number of nitrogens with zero attached hydrogens (tertiary/aromatic N) is 4. The number of hydrogen-bond donors (Lipinski definition) is 3. The molecule has 96 valence electrons. The highest BCUT2D eigenvalue weighted by atomic mass is 15.3. The van der Waals surface area contributed by atoms with E-state index in [1.165, 1.54) is 6.42 Å². The van der Waals surface area contributed by atoms with Gasteiger partial charge in [-0.1, -0.05) is 19.3 Å². The molecule has 1 fully saturated rings. The zero-order chi connectivity index (χ0) is 13.0. The lowest BCUT2D eigenvalue weighted by Crippen LogP contribution is -2.39. The Hall–Kier alpha value is -2.10. The summed E-state index contributed by atoms with van der Waals surface area (Å²) < 4.78 is 0. The third kappa shape index (κ3) is 2.59. The number of rotatable bonds is 3. The zero-order valence-corrected chi connectivity index (χ0v) is 10.4. The maximum Gasteiger partial charge on any atom is 0.230 e. The summed E-state index contributed by atoms with van der Waals surface area (Å²) in [6.07, 6.45) is 4.88. The van der Waals surface area contributed by atoms with Gasteiger partial charge in [0, 0.05) is 7.05 Å². The summed E-state index contributed by atoms with van der Waals surface area (Å²) in [7, 11) is 1.71. The van der Waals surface area contributed by atoms with Crippen LogP contribution in [0.15, 0.2) is 0 Å². The zero-order valence-electron chi connectivity index (χ0n) is 10.4. The number of anilines is 3. The average Bonchev–Trinajstić information content (AvgIpc) is 2.39. The molecule has 7 nitrogen and oxygen atoms in total. The van der Waals surface area contributed by atoms with E-state index in [9.17, 15) is 5.26 Å². The van der Waals surface area contributed by atoms with Crippen LogP contribution < -0.4 is 16.4 Å². The normalized spacial score (nSPS) is 17.8. The maximum absolute atomic E-state index is 9.37. The molecule has 0 radical (unpaired) electrons. The number of nitriles is 1. The van der Waals surface area contributed by atoms with Crippen molar-refractivity contribution in [2.45, 2.75) is 37.6 Å². The predicted molar refractivity (Wildman–Crippen MR) is 68.8 cm³/mol. The van der Waals surface area contributed by atoms with Gasteiger partial charge in [-0.15, -0.1) is 0 Å². The van der Waals surface area contributed by atoms with E-state index >= 15 is 0 Å². The number of nitrogens with two attached hydrogens (primary N) is 1. The van der Waals surface area contributed by atoms with Crippen molar-refractivity contribution in [2.75, 3.05) is 23.4 Å². The molecule has 1 aliphatic carbocycles. The van der Waals surface area contributed by atoms with Crippen LogP contribution in [0.3, 0.4) is 0 Å². The smallest absolute Gasteiger partial charge is 0.230 e. The molecule has 4 N–H and O–H groups in total. The molecule has 0 aromatic carbocycles. The molecule has 0 amide bonds. The van der Waals surface area contributed by atoms with Gasteiger partial charge in [-0.2, -0.15) is 20.2 Å². The third-order valence-electron chi connectivity index (χ3n) is 3.15. The highest BCUT2D eigenvalue weighted by Gasteiger charge is 2.32. The highest BCUT2D eigenvalue weighted by Crippen LogP contribution is 2.30. The molecular weight excluding hydrogens is 230 g/mol. The minimum absolute atomic E-state index is 0.140. The monoisotopic (exact) mass is 247 g/mol. The van der Waals surface area contributed by atoms with E-state index in [0.29, 0.717) is 11.9 Å². The summed E-state index contributed by atoms with van der Waals surface area (Å²) in [6, 6.07) is 2.35. The van der Waals surface area contributed by atoms with Crippen LogP contribution in [0.5, 0.6) is 0 Å². The van der Waals surface area contributed by atoms with Gasteiger partial charge in [0.2, 0.25) is 17.8 Å². The van der Waals surface area contributed by atoms with Gasteiger partial charge in [-0.25, -0.2) is 0 Å². The highest BCUT2D eigenvalue weighted by molar-refractivity contribution is 5.43. The second kappa shape index (κ2) is 5.04. The van der Waals surface area contributed by atoms with Crippen LogP contribution in [0.2, 0.25) is 0 Å². The Morgan fingerprint density at radius 2 is 1.83 bits per heavy atom. The fraction of sp³-hybridized carbons (Fsp3) is 0.636. The van der Waals surface area contributed by atoms with Crippen molar-refractivity contribution in [3.8, 4) is 6.07 Å². The predicted octanol–water partition coefficient (Wildman–Crippen LogP) is 1.13. The lowest BCUT2D eigenvalue weighted by Gasteiger charge is -2.31. The molecule has 0 spiro atoms. The largest absolute Gasteiger partial charge is 0.368 e. The Labute approximate surface area is 106 Å². The van der Waals surface area contributed by atoms with Gasteiger partial charge >= 0.3 is 0 Å². The van der Waals surface area contributed by atoms with Crippen LogP contribution in [-0.2, 0) is 0 Å². The molecule has 1 aromatic heterocycles. The van der Waals surface area contributed by atoms with Gasteiger partial charge in [0.25, 0.3) is 0 Å². The molecule has 1 aromatic rings. The summed E-state index contributed by atoms with van der Waals surface area (Å²) in [5.74, 6) is 0.893. The molecule has 18 heavy (non-hydrogen) atoms. The summed E-state index contributed by atoms with van der Waals surface area (Å²) in [5, 5.41) is 15.3. The van der Waals surface area contributed by atoms with Crippen molar-refractivity contribution >= 4 is 17.8 Å². The lowest BCUT2D eigenvalue weighted by molar-refractivity contribution is 0.391. The van der Waals surface area contributed by atoms with Crippen LogP contribution in [0.25, 0.3) is 0 Å². The van der Waals surface area contributed by atoms with E-state index < -0.39 is 5.54 Å². The third-order valence-corrected chi connectivity index (χ3v) is 3.15. The van der Waals surface area contributed by atoms with Crippen LogP contribution in [0, 0.1) is 11.3 Å². The topological polar surface area (TPSA) is 113 Å². The first kappa shape index (κ1) is 12.4. The molecule has 0 atom stereocenters. The maximum atomic E-state index is 9.37. The number of nitrogen functional groups attached to an aromatic ring is 1. The van der Waals surface area contributed by atoms with E-state index in [2.05, 4.69) is 31.7 Å². The summed E-state index contributed by atoms with van der Waals surface area (Å²) in [5.41, 5.74) is 5.03. The summed E-state index contributed by atoms with van der Waals surface area (Å²) in [6.45, 7) is 0. The molecule has 0 bridgehead atoms. The van der Waals surface area contributed by atoms with E-state index in [-0.39, 0.29) is 5.95 Å². The molecule has 0 aliphatic heterocycles. The number of aromatic nitrogens is 3. The summed E-state index contributed by atoms with van der Waals surface area (Å²) in [4.78, 5) is 12.1. The first-order valence-electron chi connectivity index (χ1n) is 6.06. The van der Waals surface area contributed by atoms with Crippen LogP contribution in [0.4, 0.5) is 17.8 Å². The van der Waals surface area contributed by atoms with E-state index in [4.69, 9.17) is 5.73 Å². The lowest BCUT2D eigenvalue weighted by atomic mass is 9.83. The molecule has 1 saturated carbocycles. The van der Waals surface area contributed by atoms with Crippen molar-refractivity contribution in [2.24, 2.45) is 0 Å². The van der Waals surface area contributed by atoms with Crippen LogP contribution in [-0.4, -0.2) is 27.5 Å². The van der Waals surface area contributed by atoms with Crippen molar-refractivity contribution in [1.29, 1.82) is 5.26 Å². The fourth-order valence-corrected chi connectivity index (χ4v) is 2.19. The Balaban J connectivity index is 2.21. The first-order valence-corrected chi connectivity index (χ1v) is 6.06. The van der Waals surface area contributed by atoms with Crippen molar-refractivity contribution < 1.29 is 0 Å².